The van der Waals surface area contributed by atoms with Crippen LogP contribution >= 0.6 is 11.6 Å². The fraction of sp³-hybridized carbons (Fsp3) is 0.714. The molecular weight excluding hydrogens is 642 g/mol. The number of cyclic esters (lactones) is 2. The number of amides is 2. The van der Waals surface area contributed by atoms with Crippen LogP contribution < -0.4 is 18.9 Å². The number of rotatable bonds is 8. The van der Waals surface area contributed by atoms with Gasteiger partial charge in [-0.05, 0) is 30.5 Å². The van der Waals surface area contributed by atoms with Gasteiger partial charge in [-0.15, -0.1) is 0 Å². The van der Waals surface area contributed by atoms with E-state index in [4.69, 9.17) is 15.3 Å². The molecule has 0 unspecified atom stereocenters. The van der Waals surface area contributed by atoms with Crippen LogP contribution in [0.25, 0.3) is 0 Å². The molecule has 3 heterocycles. The summed E-state index contributed by atoms with van der Waals surface area (Å²) >= 11 is 4.64. The number of carboxylic acids is 2. The topological polar surface area (TPSA) is 222 Å². The minimum Gasteiger partial charge on any atom is -1.00 e. The third kappa shape index (κ3) is 25.8. The summed E-state index contributed by atoms with van der Waals surface area (Å²) in [5, 5.41) is 24.4. The molecule has 0 bridgehead atoms. The minimum atomic E-state index is -1.08. The van der Waals surface area contributed by atoms with Crippen molar-refractivity contribution < 1.29 is 83.4 Å². The average Bonchev–Trinajstić information content (AvgIpc) is 3.51. The van der Waals surface area contributed by atoms with Gasteiger partial charge >= 0.3 is 48.7 Å². The Morgan fingerprint density at radius 2 is 1.57 bits per heavy atom. The second-order valence-electron chi connectivity index (χ2n) is 10.5. The number of aliphatic hydroxyl groups excluding tert-OH is 1. The zero-order chi connectivity index (χ0) is 34.6. The van der Waals surface area contributed by atoms with Gasteiger partial charge in [-0.25, -0.2) is 0 Å². The van der Waals surface area contributed by atoms with Crippen molar-refractivity contribution >= 4 is 75.9 Å². The van der Waals surface area contributed by atoms with Crippen LogP contribution in [0.2, 0.25) is 0 Å². The predicted molar refractivity (Wildman–Crippen MR) is 166 cm³/mol. The normalized spacial score (nSPS) is 20.3. The van der Waals surface area contributed by atoms with E-state index in [1.807, 2.05) is 0 Å². The number of carbonyl (C=O) groups is 8. The van der Waals surface area contributed by atoms with Gasteiger partial charge in [0.15, 0.2) is 17.4 Å². The number of hydrogen-bond donors (Lipinski definition) is 3. The maximum atomic E-state index is 11.4. The molecule has 3 rings (SSSR count). The van der Waals surface area contributed by atoms with E-state index in [9.17, 15) is 38.4 Å². The molecule has 18 heteroatoms. The Balaban J connectivity index is -0.000000161. The number of halogens is 1. The molecule has 0 aliphatic carbocycles. The monoisotopic (exact) mass is 690 g/mol. The Kier molecular flexibility index (Phi) is 30.5. The smallest absolute Gasteiger partial charge is 1.00 e. The number of nitrogens with zero attached hydrogens (tertiary/aromatic N) is 2. The van der Waals surface area contributed by atoms with Gasteiger partial charge in [0.1, 0.15) is 6.61 Å². The van der Waals surface area contributed by atoms with Gasteiger partial charge in [0.2, 0.25) is 17.1 Å². The molecule has 0 saturated carbocycles. The SMILES string of the molecule is CC(=O)Cl.CC(=O)OCCN1C(=O)C[C@@H](C)C1=O.C[C@@H]1CC(=O)OC1=O.C[C@@H]1CCN(CCO)C1.C[C@H](CC(=O)O)C(=O)O.[AlH3].[H-].[Li+]. The summed E-state index contributed by atoms with van der Waals surface area (Å²) in [7, 11) is 0. The summed E-state index contributed by atoms with van der Waals surface area (Å²) in [6.45, 7) is 13.4. The molecule has 0 aromatic rings. The van der Waals surface area contributed by atoms with E-state index in [0.29, 0.717) is 6.61 Å². The summed E-state index contributed by atoms with van der Waals surface area (Å²) in [6.07, 6.45) is 1.51. The molecule has 0 aromatic heterocycles. The zero-order valence-electron chi connectivity index (χ0n) is 28.1. The zero-order valence-corrected chi connectivity index (χ0v) is 27.8. The number of likely N-dealkylation sites (tertiary alicyclic amines) is 2. The molecule has 260 valence electrons. The second-order valence-corrected chi connectivity index (χ2v) is 11.0. The van der Waals surface area contributed by atoms with E-state index in [1.54, 1.807) is 13.8 Å². The Labute approximate surface area is 298 Å². The van der Waals surface area contributed by atoms with Crippen LogP contribution in [0.3, 0.4) is 0 Å². The van der Waals surface area contributed by atoms with Gasteiger partial charge in [0.05, 0.1) is 37.8 Å². The summed E-state index contributed by atoms with van der Waals surface area (Å²) in [5.41, 5.74) is 0. The summed E-state index contributed by atoms with van der Waals surface area (Å²) in [6, 6.07) is 0. The van der Waals surface area contributed by atoms with Crippen molar-refractivity contribution in [3.63, 3.8) is 0 Å². The maximum Gasteiger partial charge on any atom is 1.00 e. The average molecular weight is 691 g/mol. The van der Waals surface area contributed by atoms with Crippen LogP contribution in [0.1, 0.15) is 68.7 Å². The number of ether oxygens (including phenoxy) is 2. The maximum absolute atomic E-state index is 11.4. The van der Waals surface area contributed by atoms with E-state index >= 15 is 0 Å². The van der Waals surface area contributed by atoms with Crippen LogP contribution in [0.4, 0.5) is 0 Å². The Hall–Kier alpha value is -2.30. The minimum absolute atomic E-state index is 0. The molecule has 3 aliphatic heterocycles. The third-order valence-electron chi connectivity index (χ3n) is 6.01. The van der Waals surface area contributed by atoms with Gasteiger partial charge in [0.25, 0.3) is 0 Å². The molecule has 0 spiro atoms. The number of imide groups is 1. The molecular formula is C28H49AlClLiN2O13. The standard InChI is InChI=1S/C9H13NO4.C7H15NO.C5H8O4.C5H6O3.C2H3ClO.Al.Li.4H/c1-6-5-8(12)10(9(6)13)3-4-14-7(2)11;1-7-2-3-8(6-7)4-5-9;1-3(5(8)9)2-4(6)7;1-3-2-4(6)8-5(3)7;1-2(3)4;;;;;;/h6H,3-5H2,1-2H3;7,9H,2-6H2,1H3;3H,2H2,1H3,(H,6,7)(H,8,9);3H,2H2,1H3;1H3;;;;;;/q;;;;;;+1;;;;-1/t6-;7-;2*3-;;;;;;;/m1111......./s1. The van der Waals surface area contributed by atoms with Gasteiger partial charge < -0.3 is 31.1 Å². The molecule has 4 atom stereocenters. The first-order valence-electron chi connectivity index (χ1n) is 14.0. The van der Waals surface area contributed by atoms with E-state index in [-0.39, 0.29) is 99.0 Å². The third-order valence-corrected chi connectivity index (χ3v) is 6.01. The fourth-order valence-electron chi connectivity index (χ4n) is 3.67. The van der Waals surface area contributed by atoms with Crippen molar-refractivity contribution in [3.8, 4) is 0 Å². The van der Waals surface area contributed by atoms with Gasteiger partial charge in [-0.1, -0.05) is 27.7 Å². The van der Waals surface area contributed by atoms with Crippen molar-refractivity contribution in [2.45, 2.75) is 67.2 Å². The first-order chi connectivity index (χ1) is 20.3. The molecule has 3 fully saturated rings. The molecule has 2 amide bonds. The van der Waals surface area contributed by atoms with Crippen molar-refractivity contribution in [1.82, 2.24) is 9.80 Å². The van der Waals surface area contributed by atoms with Crippen molar-refractivity contribution in [1.29, 1.82) is 0 Å². The van der Waals surface area contributed by atoms with E-state index < -0.39 is 35.8 Å². The van der Waals surface area contributed by atoms with Gasteiger partial charge in [-0.3, -0.25) is 43.3 Å². The Morgan fingerprint density at radius 1 is 1.02 bits per heavy atom. The van der Waals surface area contributed by atoms with Gasteiger partial charge in [-0.2, -0.15) is 0 Å². The molecule has 0 radical (unpaired) electrons. The van der Waals surface area contributed by atoms with Gasteiger partial charge in [0, 0.05) is 39.3 Å². The molecule has 3 aliphatic rings. The quantitative estimate of drug-likeness (QED) is 0.0773. The van der Waals surface area contributed by atoms with Crippen LogP contribution in [-0.4, -0.2) is 129 Å². The largest absolute Gasteiger partial charge is 1.00 e. The summed E-state index contributed by atoms with van der Waals surface area (Å²) in [4.78, 5) is 86.1. The number of β-amino-alcohol motifs (C(OH)–C–C–N with tert-alkyl or cyclic N) is 1. The van der Waals surface area contributed by atoms with Crippen molar-refractivity contribution in [2.75, 3.05) is 39.4 Å². The molecule has 3 saturated heterocycles. The van der Waals surface area contributed by atoms with Crippen LogP contribution in [0, 0.1) is 23.7 Å². The van der Waals surface area contributed by atoms with Crippen molar-refractivity contribution in [2.24, 2.45) is 23.7 Å². The number of esters is 3. The summed E-state index contributed by atoms with van der Waals surface area (Å²) < 4.78 is 8.85. The number of carbonyl (C=O) groups excluding carboxylic acids is 6. The van der Waals surface area contributed by atoms with Crippen LogP contribution in [0.5, 0.6) is 0 Å². The number of carboxylic acid groups (broad SMARTS) is 2. The van der Waals surface area contributed by atoms with E-state index in [0.717, 1.165) is 17.4 Å². The van der Waals surface area contributed by atoms with E-state index in [1.165, 1.54) is 40.3 Å². The number of hydrogen-bond acceptors (Lipinski definition) is 12. The molecule has 15 nitrogen and oxygen atoms in total. The predicted octanol–water partition coefficient (Wildman–Crippen LogP) is -2.75. The first-order valence-corrected chi connectivity index (χ1v) is 14.4. The molecule has 3 N–H and O–H groups in total. The van der Waals surface area contributed by atoms with Crippen molar-refractivity contribution in [3.05, 3.63) is 0 Å². The number of aliphatic carboxylic acids is 2. The number of aliphatic hydroxyl groups is 1. The van der Waals surface area contributed by atoms with E-state index in [2.05, 4.69) is 32.9 Å². The van der Waals surface area contributed by atoms with Crippen LogP contribution in [0.15, 0.2) is 0 Å². The molecule has 46 heavy (non-hydrogen) atoms. The first kappa shape index (κ1) is 50.6. The fourth-order valence-corrected chi connectivity index (χ4v) is 3.67. The van der Waals surface area contributed by atoms with Crippen LogP contribution in [-0.2, 0) is 47.8 Å². The summed E-state index contributed by atoms with van der Waals surface area (Å²) in [5.74, 6) is -4.12. The molecule has 0 aromatic carbocycles. The Bertz CT molecular complexity index is 1020. The Morgan fingerprint density at radius 3 is 1.83 bits per heavy atom. The second kappa shape index (κ2) is 27.8.